The molecule has 1 aromatic heterocycles. The van der Waals surface area contributed by atoms with Crippen LogP contribution >= 0.6 is 11.5 Å². The van der Waals surface area contributed by atoms with Crippen molar-refractivity contribution in [2.45, 2.75) is 19.8 Å². The van der Waals surface area contributed by atoms with Gasteiger partial charge in [0.25, 0.3) is 10.2 Å². The standard InChI is InChI=1S/C8H12N4O2S2/c1-3-4-7-6(5-9)8(15-11-7)12-16(13,14)10-2/h10,12H,3-4H2,1-2H3. The summed E-state index contributed by atoms with van der Waals surface area (Å²) in [5.41, 5.74) is 0.953. The molecular formula is C8H12N4O2S2. The highest BCUT2D eigenvalue weighted by Crippen LogP contribution is 2.25. The topological polar surface area (TPSA) is 94.9 Å². The highest BCUT2D eigenvalue weighted by Gasteiger charge is 2.16. The van der Waals surface area contributed by atoms with Gasteiger partial charge < -0.3 is 0 Å². The predicted molar refractivity (Wildman–Crippen MR) is 62.4 cm³/mol. The third-order valence-electron chi connectivity index (χ3n) is 1.86. The molecule has 0 radical (unpaired) electrons. The fourth-order valence-corrected chi connectivity index (χ4v) is 2.65. The Balaban J connectivity index is 3.03. The first-order valence-corrected chi connectivity index (χ1v) is 6.89. The van der Waals surface area contributed by atoms with Crippen LogP contribution in [0.3, 0.4) is 0 Å². The molecule has 0 saturated heterocycles. The van der Waals surface area contributed by atoms with Crippen molar-refractivity contribution in [3.05, 3.63) is 11.3 Å². The van der Waals surface area contributed by atoms with E-state index in [-0.39, 0.29) is 5.00 Å². The zero-order valence-electron chi connectivity index (χ0n) is 8.94. The Hall–Kier alpha value is -1.17. The van der Waals surface area contributed by atoms with Gasteiger partial charge in [-0.15, -0.1) is 0 Å². The van der Waals surface area contributed by atoms with Crippen LogP contribution < -0.4 is 9.44 Å². The molecule has 0 bridgehead atoms. The van der Waals surface area contributed by atoms with Gasteiger partial charge in [0.05, 0.1) is 5.69 Å². The van der Waals surface area contributed by atoms with E-state index in [4.69, 9.17) is 5.26 Å². The molecule has 16 heavy (non-hydrogen) atoms. The maximum atomic E-state index is 11.3. The van der Waals surface area contributed by atoms with Gasteiger partial charge in [-0.1, -0.05) is 13.3 Å². The molecule has 0 aromatic carbocycles. The van der Waals surface area contributed by atoms with Gasteiger partial charge in [-0.25, -0.2) is 4.72 Å². The van der Waals surface area contributed by atoms with E-state index < -0.39 is 10.2 Å². The Bertz CT molecular complexity index is 501. The maximum absolute atomic E-state index is 11.3. The quantitative estimate of drug-likeness (QED) is 0.820. The summed E-state index contributed by atoms with van der Waals surface area (Å²) in [7, 11) is -2.29. The monoisotopic (exact) mass is 260 g/mol. The minimum Gasteiger partial charge on any atom is -0.259 e. The molecule has 0 fully saturated rings. The fourth-order valence-electron chi connectivity index (χ4n) is 1.09. The van der Waals surface area contributed by atoms with Crippen LogP contribution in [0.1, 0.15) is 24.6 Å². The van der Waals surface area contributed by atoms with E-state index in [9.17, 15) is 8.42 Å². The number of anilines is 1. The van der Waals surface area contributed by atoms with E-state index >= 15 is 0 Å². The summed E-state index contributed by atoms with van der Waals surface area (Å²) in [5.74, 6) is 0. The Morgan fingerprint density at radius 3 is 2.75 bits per heavy atom. The van der Waals surface area contributed by atoms with E-state index in [1.807, 2.05) is 13.0 Å². The largest absolute Gasteiger partial charge is 0.299 e. The second-order valence-electron chi connectivity index (χ2n) is 3.00. The number of rotatable bonds is 5. The molecule has 0 amide bonds. The van der Waals surface area contributed by atoms with Crippen molar-refractivity contribution in [3.8, 4) is 6.07 Å². The number of hydrogen-bond donors (Lipinski definition) is 2. The van der Waals surface area contributed by atoms with Gasteiger partial charge in [-0.05, 0) is 18.0 Å². The van der Waals surface area contributed by atoms with Gasteiger partial charge in [0.2, 0.25) is 0 Å². The van der Waals surface area contributed by atoms with Gasteiger partial charge >= 0.3 is 0 Å². The van der Waals surface area contributed by atoms with E-state index in [0.29, 0.717) is 17.7 Å². The smallest absolute Gasteiger partial charge is 0.259 e. The van der Waals surface area contributed by atoms with Crippen LogP contribution in [0.5, 0.6) is 0 Å². The Kier molecular flexibility index (Phi) is 4.23. The Morgan fingerprint density at radius 1 is 1.56 bits per heavy atom. The lowest BCUT2D eigenvalue weighted by atomic mass is 10.2. The Labute approximate surface area is 98.6 Å². The number of hydrogen-bond acceptors (Lipinski definition) is 5. The summed E-state index contributed by atoms with van der Waals surface area (Å²) in [4.78, 5) is 0. The highest BCUT2D eigenvalue weighted by atomic mass is 32.2. The molecule has 2 N–H and O–H groups in total. The lowest BCUT2D eigenvalue weighted by Crippen LogP contribution is -2.26. The number of nitrogens with zero attached hydrogens (tertiary/aromatic N) is 2. The molecule has 0 aliphatic heterocycles. The third-order valence-corrected chi connectivity index (χ3v) is 3.80. The van der Waals surface area contributed by atoms with Crippen molar-refractivity contribution in [3.63, 3.8) is 0 Å². The Morgan fingerprint density at radius 2 is 2.25 bits per heavy atom. The summed E-state index contributed by atoms with van der Waals surface area (Å²) in [6, 6.07) is 1.97. The molecule has 0 aliphatic rings. The maximum Gasteiger partial charge on any atom is 0.299 e. The highest BCUT2D eigenvalue weighted by molar-refractivity contribution is 7.91. The zero-order chi connectivity index (χ0) is 12.2. The lowest BCUT2D eigenvalue weighted by Gasteiger charge is -2.03. The van der Waals surface area contributed by atoms with E-state index in [0.717, 1.165) is 18.0 Å². The van der Waals surface area contributed by atoms with Crippen molar-refractivity contribution in [1.29, 1.82) is 5.26 Å². The second kappa shape index (κ2) is 5.25. The van der Waals surface area contributed by atoms with Crippen LogP contribution in [0.15, 0.2) is 0 Å². The van der Waals surface area contributed by atoms with Crippen molar-refractivity contribution in [2.24, 2.45) is 0 Å². The van der Waals surface area contributed by atoms with Crippen molar-refractivity contribution in [2.75, 3.05) is 11.8 Å². The molecule has 8 heteroatoms. The van der Waals surface area contributed by atoms with Gasteiger partial charge in [-0.2, -0.15) is 18.1 Å². The SMILES string of the molecule is CCCc1nsc(NS(=O)(=O)NC)c1C#N. The predicted octanol–water partition coefficient (Wildman–Crippen LogP) is 0.843. The molecule has 0 unspecified atom stereocenters. The first kappa shape index (κ1) is 12.9. The van der Waals surface area contributed by atoms with Crippen molar-refractivity contribution < 1.29 is 8.42 Å². The van der Waals surface area contributed by atoms with Gasteiger partial charge in [0, 0.05) is 7.05 Å². The minimum absolute atomic E-state index is 0.264. The molecule has 0 saturated carbocycles. The second-order valence-corrected chi connectivity index (χ2v) is 5.40. The van der Waals surface area contributed by atoms with Crippen LogP contribution in [-0.4, -0.2) is 19.8 Å². The molecule has 6 nitrogen and oxygen atoms in total. The normalized spacial score (nSPS) is 11.1. The molecular weight excluding hydrogens is 248 g/mol. The average Bonchev–Trinajstić information content (AvgIpc) is 2.60. The van der Waals surface area contributed by atoms with Gasteiger partial charge in [0.1, 0.15) is 16.6 Å². The molecule has 88 valence electrons. The van der Waals surface area contributed by atoms with Crippen LogP contribution in [0.2, 0.25) is 0 Å². The third kappa shape index (κ3) is 2.91. The molecule has 1 aromatic rings. The van der Waals surface area contributed by atoms with Crippen LogP contribution in [0.4, 0.5) is 5.00 Å². The summed E-state index contributed by atoms with van der Waals surface area (Å²) in [6.45, 7) is 1.97. The molecule has 0 aliphatic carbocycles. The van der Waals surface area contributed by atoms with Gasteiger partial charge in [-0.3, -0.25) is 4.72 Å². The average molecular weight is 260 g/mol. The number of aryl methyl sites for hydroxylation is 1. The molecule has 0 spiro atoms. The molecule has 0 atom stereocenters. The molecule has 1 rings (SSSR count). The fraction of sp³-hybridized carbons (Fsp3) is 0.500. The van der Waals surface area contributed by atoms with Crippen LogP contribution in [0.25, 0.3) is 0 Å². The number of nitriles is 1. The van der Waals surface area contributed by atoms with Crippen molar-refractivity contribution >= 4 is 26.7 Å². The zero-order valence-corrected chi connectivity index (χ0v) is 10.6. The first-order valence-electron chi connectivity index (χ1n) is 4.64. The van der Waals surface area contributed by atoms with Gasteiger partial charge in [0.15, 0.2) is 0 Å². The van der Waals surface area contributed by atoms with Crippen molar-refractivity contribution in [1.82, 2.24) is 9.10 Å². The molecule has 1 heterocycles. The summed E-state index contributed by atoms with van der Waals surface area (Å²) >= 11 is 0.980. The summed E-state index contributed by atoms with van der Waals surface area (Å²) in [5, 5.41) is 9.21. The van der Waals surface area contributed by atoms with Crippen LogP contribution in [-0.2, 0) is 16.6 Å². The summed E-state index contributed by atoms with van der Waals surface area (Å²) < 4.78 is 30.9. The number of nitrogens with one attached hydrogen (secondary N) is 2. The van der Waals surface area contributed by atoms with E-state index in [2.05, 4.69) is 13.8 Å². The van der Waals surface area contributed by atoms with E-state index in [1.54, 1.807) is 0 Å². The number of aromatic nitrogens is 1. The van der Waals surface area contributed by atoms with Crippen LogP contribution in [0, 0.1) is 11.3 Å². The first-order chi connectivity index (χ1) is 7.54. The lowest BCUT2D eigenvalue weighted by molar-refractivity contribution is 0.594. The van der Waals surface area contributed by atoms with E-state index in [1.165, 1.54) is 7.05 Å². The minimum atomic E-state index is -3.59. The summed E-state index contributed by atoms with van der Waals surface area (Å²) in [6.07, 6.45) is 1.53.